The van der Waals surface area contributed by atoms with Crippen LogP contribution in [0.4, 0.5) is 14.8 Å². The molecule has 5 heteroatoms. The summed E-state index contributed by atoms with van der Waals surface area (Å²) in [6.07, 6.45) is 0.541. The smallest absolute Gasteiger partial charge is 0.293 e. The topological polar surface area (TPSA) is 52.0 Å². The first-order valence-corrected chi connectivity index (χ1v) is 4.16. The van der Waals surface area contributed by atoms with E-state index in [1.54, 1.807) is 0 Å². The van der Waals surface area contributed by atoms with E-state index in [-0.39, 0.29) is 11.6 Å². The van der Waals surface area contributed by atoms with E-state index in [1.165, 1.54) is 0 Å². The van der Waals surface area contributed by atoms with E-state index in [2.05, 4.69) is 4.98 Å². The van der Waals surface area contributed by atoms with Crippen molar-refractivity contribution >= 4 is 17.1 Å². The Kier molecular flexibility index (Phi) is 1.87. The van der Waals surface area contributed by atoms with E-state index in [0.717, 1.165) is 6.07 Å². The van der Waals surface area contributed by atoms with Crippen LogP contribution in [-0.2, 0) is 6.42 Å². The van der Waals surface area contributed by atoms with Gasteiger partial charge in [0.15, 0.2) is 11.4 Å². The molecule has 0 atom stereocenters. The molecule has 2 aromatic rings. The molecule has 1 aromatic carbocycles. The standard InChI is InChI=1S/C9H8F2N2O/c1-2-4-3-5(10)6(11)8-7(4)13-9(12)14-8/h3H,2H2,1H3,(H2,12,13). The molecule has 0 aliphatic carbocycles. The van der Waals surface area contributed by atoms with Crippen LogP contribution in [0.15, 0.2) is 10.5 Å². The largest absolute Gasteiger partial charge is 0.420 e. The Balaban J connectivity index is 2.88. The van der Waals surface area contributed by atoms with Crippen molar-refractivity contribution in [3.8, 4) is 0 Å². The summed E-state index contributed by atoms with van der Waals surface area (Å²) in [4.78, 5) is 3.79. The van der Waals surface area contributed by atoms with Crippen LogP contribution >= 0.6 is 0 Å². The molecule has 2 N–H and O–H groups in total. The van der Waals surface area contributed by atoms with Gasteiger partial charge in [-0.1, -0.05) is 6.92 Å². The molecule has 14 heavy (non-hydrogen) atoms. The summed E-state index contributed by atoms with van der Waals surface area (Å²) in [5.74, 6) is -1.98. The highest BCUT2D eigenvalue weighted by atomic mass is 19.2. The Labute approximate surface area is 78.5 Å². The monoisotopic (exact) mass is 198 g/mol. The summed E-state index contributed by atoms with van der Waals surface area (Å²) in [7, 11) is 0. The van der Waals surface area contributed by atoms with Crippen LogP contribution in [-0.4, -0.2) is 4.98 Å². The van der Waals surface area contributed by atoms with Crippen molar-refractivity contribution in [3.63, 3.8) is 0 Å². The van der Waals surface area contributed by atoms with Gasteiger partial charge in [-0.15, -0.1) is 0 Å². The Morgan fingerprint density at radius 3 is 2.86 bits per heavy atom. The number of benzene rings is 1. The average Bonchev–Trinajstić information content (AvgIpc) is 2.54. The number of nitrogens with two attached hydrogens (primary N) is 1. The maximum Gasteiger partial charge on any atom is 0.293 e. The van der Waals surface area contributed by atoms with Gasteiger partial charge in [0, 0.05) is 0 Å². The zero-order chi connectivity index (χ0) is 10.3. The number of aryl methyl sites for hydroxylation is 1. The zero-order valence-corrected chi connectivity index (χ0v) is 7.47. The van der Waals surface area contributed by atoms with Crippen LogP contribution in [0.3, 0.4) is 0 Å². The first-order valence-electron chi connectivity index (χ1n) is 4.16. The molecule has 0 aliphatic heterocycles. The van der Waals surface area contributed by atoms with Crippen molar-refractivity contribution in [2.75, 3.05) is 5.73 Å². The number of hydrogen-bond acceptors (Lipinski definition) is 3. The van der Waals surface area contributed by atoms with Crippen molar-refractivity contribution < 1.29 is 13.2 Å². The van der Waals surface area contributed by atoms with Gasteiger partial charge in [-0.2, -0.15) is 9.37 Å². The Bertz CT molecular complexity index is 493. The van der Waals surface area contributed by atoms with Gasteiger partial charge >= 0.3 is 0 Å². The van der Waals surface area contributed by atoms with E-state index in [1.807, 2.05) is 6.92 Å². The predicted molar refractivity (Wildman–Crippen MR) is 47.7 cm³/mol. The third-order valence-corrected chi connectivity index (χ3v) is 2.04. The number of halogens is 2. The normalized spacial score (nSPS) is 11.1. The number of nitrogens with zero attached hydrogens (tertiary/aromatic N) is 1. The molecule has 0 saturated heterocycles. The van der Waals surface area contributed by atoms with Gasteiger partial charge < -0.3 is 10.2 Å². The molecule has 2 rings (SSSR count). The van der Waals surface area contributed by atoms with E-state index in [0.29, 0.717) is 17.5 Å². The first kappa shape index (κ1) is 8.93. The second-order valence-corrected chi connectivity index (χ2v) is 2.91. The molecule has 0 bridgehead atoms. The van der Waals surface area contributed by atoms with E-state index >= 15 is 0 Å². The second kappa shape index (κ2) is 2.94. The number of hydrogen-bond donors (Lipinski definition) is 1. The van der Waals surface area contributed by atoms with Crippen molar-refractivity contribution in [2.45, 2.75) is 13.3 Å². The number of rotatable bonds is 1. The zero-order valence-electron chi connectivity index (χ0n) is 7.47. The van der Waals surface area contributed by atoms with Gasteiger partial charge in [-0.25, -0.2) is 4.39 Å². The Morgan fingerprint density at radius 1 is 1.50 bits per heavy atom. The lowest BCUT2D eigenvalue weighted by atomic mass is 10.1. The molecule has 0 radical (unpaired) electrons. The highest BCUT2D eigenvalue weighted by molar-refractivity contribution is 5.78. The van der Waals surface area contributed by atoms with Crippen molar-refractivity contribution in [1.29, 1.82) is 0 Å². The summed E-state index contributed by atoms with van der Waals surface area (Å²) in [6.45, 7) is 1.82. The fraction of sp³-hybridized carbons (Fsp3) is 0.222. The quantitative estimate of drug-likeness (QED) is 0.764. The lowest BCUT2D eigenvalue weighted by Crippen LogP contribution is -1.91. The lowest BCUT2D eigenvalue weighted by Gasteiger charge is -1.98. The molecule has 0 spiro atoms. The van der Waals surface area contributed by atoms with Crippen molar-refractivity contribution in [1.82, 2.24) is 4.98 Å². The summed E-state index contributed by atoms with van der Waals surface area (Å²) < 4.78 is 30.9. The molecule has 3 nitrogen and oxygen atoms in total. The number of fused-ring (bicyclic) bond motifs is 1. The van der Waals surface area contributed by atoms with Gasteiger partial charge in [-0.3, -0.25) is 0 Å². The molecule has 1 aromatic heterocycles. The van der Waals surface area contributed by atoms with Gasteiger partial charge in [0.25, 0.3) is 6.01 Å². The van der Waals surface area contributed by atoms with Crippen LogP contribution in [0.25, 0.3) is 11.1 Å². The molecule has 0 unspecified atom stereocenters. The number of nitrogen functional groups attached to an aromatic ring is 1. The van der Waals surface area contributed by atoms with Crippen LogP contribution in [0.2, 0.25) is 0 Å². The minimum Gasteiger partial charge on any atom is -0.420 e. The summed E-state index contributed by atoms with van der Waals surface area (Å²) in [5, 5.41) is 0. The van der Waals surface area contributed by atoms with Gasteiger partial charge in [0.1, 0.15) is 5.52 Å². The SMILES string of the molecule is CCc1cc(F)c(F)c2oc(N)nc12. The second-order valence-electron chi connectivity index (χ2n) is 2.91. The van der Waals surface area contributed by atoms with Gasteiger partial charge in [0.2, 0.25) is 5.82 Å². The maximum absolute atomic E-state index is 13.2. The minimum absolute atomic E-state index is 0.154. The highest BCUT2D eigenvalue weighted by Crippen LogP contribution is 2.26. The van der Waals surface area contributed by atoms with E-state index in [4.69, 9.17) is 10.2 Å². The molecular weight excluding hydrogens is 190 g/mol. The predicted octanol–water partition coefficient (Wildman–Crippen LogP) is 2.25. The molecule has 74 valence electrons. The van der Waals surface area contributed by atoms with Crippen LogP contribution in [0.5, 0.6) is 0 Å². The van der Waals surface area contributed by atoms with Crippen LogP contribution in [0.1, 0.15) is 12.5 Å². The lowest BCUT2D eigenvalue weighted by molar-refractivity contribution is 0.493. The first-order chi connectivity index (χ1) is 6.63. The molecule has 0 aliphatic rings. The Morgan fingerprint density at radius 2 is 2.21 bits per heavy atom. The van der Waals surface area contributed by atoms with Gasteiger partial charge in [-0.05, 0) is 18.1 Å². The fourth-order valence-corrected chi connectivity index (χ4v) is 1.37. The summed E-state index contributed by atoms with van der Waals surface area (Å²) in [6, 6.07) is 0.957. The van der Waals surface area contributed by atoms with Crippen molar-refractivity contribution in [2.24, 2.45) is 0 Å². The number of aromatic nitrogens is 1. The maximum atomic E-state index is 13.2. The molecule has 1 heterocycles. The van der Waals surface area contributed by atoms with E-state index < -0.39 is 11.6 Å². The van der Waals surface area contributed by atoms with E-state index in [9.17, 15) is 8.78 Å². The molecule has 0 fully saturated rings. The van der Waals surface area contributed by atoms with Gasteiger partial charge in [0.05, 0.1) is 0 Å². The molecule has 0 amide bonds. The minimum atomic E-state index is -1.04. The Hall–Kier alpha value is -1.65. The average molecular weight is 198 g/mol. The molecular formula is C9H8F2N2O. The summed E-state index contributed by atoms with van der Waals surface area (Å²) >= 11 is 0. The van der Waals surface area contributed by atoms with Crippen LogP contribution < -0.4 is 5.73 Å². The third kappa shape index (κ3) is 1.13. The number of anilines is 1. The van der Waals surface area contributed by atoms with Crippen LogP contribution in [0, 0.1) is 11.6 Å². The fourth-order valence-electron chi connectivity index (χ4n) is 1.37. The third-order valence-electron chi connectivity index (χ3n) is 2.04. The van der Waals surface area contributed by atoms with Crippen molar-refractivity contribution in [3.05, 3.63) is 23.3 Å². The highest BCUT2D eigenvalue weighted by Gasteiger charge is 2.16. The number of oxazole rings is 1. The summed E-state index contributed by atoms with van der Waals surface area (Å²) in [5.41, 5.74) is 5.94. The molecule has 0 saturated carbocycles.